The zero-order chi connectivity index (χ0) is 14.4. The Balaban J connectivity index is 2.79. The van der Waals surface area contributed by atoms with Crippen LogP contribution in [0.5, 0.6) is 5.75 Å². The van der Waals surface area contributed by atoms with Crippen LogP contribution in [0.2, 0.25) is 0 Å². The van der Waals surface area contributed by atoms with Gasteiger partial charge in [0.2, 0.25) is 0 Å². The molecule has 0 aliphatic heterocycles. The van der Waals surface area contributed by atoms with Crippen LogP contribution in [0, 0.1) is 10.1 Å². The normalized spacial score (nSPS) is 11.0. The van der Waals surface area contributed by atoms with E-state index in [4.69, 9.17) is 4.74 Å². The van der Waals surface area contributed by atoms with Crippen LogP contribution < -0.4 is 4.74 Å². The number of nitrogens with zero attached hydrogens (tertiary/aromatic N) is 1. The van der Waals surface area contributed by atoms with Crippen molar-refractivity contribution < 1.29 is 19.2 Å². The molecule has 0 aliphatic rings. The van der Waals surface area contributed by atoms with Gasteiger partial charge in [-0.1, -0.05) is 15.9 Å². The predicted molar refractivity (Wildman–Crippen MR) is 72.1 cm³/mol. The third kappa shape index (κ3) is 4.36. The molecule has 0 atom stereocenters. The van der Waals surface area contributed by atoms with Crippen LogP contribution in [0.4, 0.5) is 5.69 Å². The zero-order valence-corrected chi connectivity index (χ0v) is 12.0. The van der Waals surface area contributed by atoms with E-state index in [1.165, 1.54) is 25.3 Å². The number of ether oxygens (including phenoxy) is 2. The average molecular weight is 330 g/mol. The van der Waals surface area contributed by atoms with Crippen LogP contribution in [-0.4, -0.2) is 24.6 Å². The molecule has 6 nitrogen and oxygen atoms in total. The number of carbonyl (C=O) groups is 1. The van der Waals surface area contributed by atoms with Gasteiger partial charge in [0.25, 0.3) is 0 Å². The van der Waals surface area contributed by atoms with Gasteiger partial charge in [-0.25, -0.2) is 4.79 Å². The summed E-state index contributed by atoms with van der Waals surface area (Å²) in [7, 11) is 1.28. The summed E-state index contributed by atoms with van der Waals surface area (Å²) >= 11 is 3.15. The number of hydrogen-bond acceptors (Lipinski definition) is 5. The second-order valence-corrected chi connectivity index (χ2v) is 4.47. The van der Waals surface area contributed by atoms with E-state index in [1.54, 1.807) is 13.0 Å². The van der Waals surface area contributed by atoms with Crippen molar-refractivity contribution in [1.82, 2.24) is 0 Å². The van der Waals surface area contributed by atoms with Gasteiger partial charge in [-0.3, -0.25) is 10.1 Å². The van der Waals surface area contributed by atoms with Crippen LogP contribution in [0.1, 0.15) is 6.92 Å². The fourth-order valence-electron chi connectivity index (χ4n) is 1.26. The Hall–Kier alpha value is -1.89. The maximum absolute atomic E-state index is 11.1. The van der Waals surface area contributed by atoms with Crippen molar-refractivity contribution in [1.29, 1.82) is 0 Å². The predicted octanol–water partition coefficient (Wildman–Crippen LogP) is 2.86. The molecule has 0 spiro atoms. The molecule has 0 saturated heterocycles. The van der Waals surface area contributed by atoms with E-state index in [9.17, 15) is 14.9 Å². The number of rotatable bonds is 5. The van der Waals surface area contributed by atoms with Crippen molar-refractivity contribution >= 4 is 27.6 Å². The van der Waals surface area contributed by atoms with Crippen molar-refractivity contribution in [2.45, 2.75) is 6.92 Å². The van der Waals surface area contributed by atoms with Crippen LogP contribution >= 0.6 is 15.9 Å². The lowest BCUT2D eigenvalue weighted by molar-refractivity contribution is -0.385. The SMILES string of the molecule is COC(=O)C(C)=CCOc1ccc(Br)cc1[N+](=O)[O-]. The quantitative estimate of drug-likeness (QED) is 0.359. The first-order valence-electron chi connectivity index (χ1n) is 5.27. The molecule has 1 aromatic carbocycles. The fraction of sp³-hybridized carbons (Fsp3) is 0.250. The Morgan fingerprint density at radius 3 is 2.79 bits per heavy atom. The molecule has 1 aromatic rings. The molecular weight excluding hydrogens is 318 g/mol. The van der Waals surface area contributed by atoms with Crippen LogP contribution in [-0.2, 0) is 9.53 Å². The molecule has 102 valence electrons. The summed E-state index contributed by atoms with van der Waals surface area (Å²) in [5.41, 5.74) is 0.237. The topological polar surface area (TPSA) is 78.7 Å². The standard InChI is InChI=1S/C12H12BrNO5/c1-8(12(15)18-2)5-6-19-11-4-3-9(13)7-10(11)14(16)17/h3-5,7H,6H2,1-2H3. The van der Waals surface area contributed by atoms with Crippen molar-refractivity contribution in [3.05, 3.63) is 44.4 Å². The number of esters is 1. The second-order valence-electron chi connectivity index (χ2n) is 3.56. The third-order valence-corrected chi connectivity index (χ3v) is 2.75. The molecule has 0 aliphatic carbocycles. The summed E-state index contributed by atoms with van der Waals surface area (Å²) in [6, 6.07) is 4.48. The number of methoxy groups -OCH3 is 1. The minimum atomic E-state index is -0.531. The van der Waals surface area contributed by atoms with E-state index in [0.717, 1.165) is 0 Å². The van der Waals surface area contributed by atoms with Crippen molar-refractivity contribution in [3.8, 4) is 5.75 Å². The molecule has 0 heterocycles. The lowest BCUT2D eigenvalue weighted by atomic mass is 10.3. The Kier molecular flexibility index (Phi) is 5.50. The number of halogens is 1. The molecule has 0 fully saturated rings. The van der Waals surface area contributed by atoms with Crippen molar-refractivity contribution in [2.75, 3.05) is 13.7 Å². The Morgan fingerprint density at radius 2 is 2.21 bits per heavy atom. The summed E-state index contributed by atoms with van der Waals surface area (Å²) in [6.07, 6.45) is 1.50. The van der Waals surface area contributed by atoms with Gasteiger partial charge in [0.15, 0.2) is 5.75 Å². The zero-order valence-electron chi connectivity index (χ0n) is 10.4. The Labute approximate surface area is 118 Å². The van der Waals surface area contributed by atoms with E-state index < -0.39 is 10.9 Å². The Bertz CT molecular complexity index is 527. The maximum atomic E-state index is 11.1. The number of nitro groups is 1. The minimum absolute atomic E-state index is 0.0450. The van der Waals surface area contributed by atoms with Crippen LogP contribution in [0.15, 0.2) is 34.3 Å². The summed E-state index contributed by atoms with van der Waals surface area (Å²) < 4.78 is 10.4. The van der Waals surface area contributed by atoms with Crippen LogP contribution in [0.25, 0.3) is 0 Å². The van der Waals surface area contributed by atoms with Gasteiger partial charge in [-0.2, -0.15) is 0 Å². The van der Waals surface area contributed by atoms with Gasteiger partial charge < -0.3 is 9.47 Å². The minimum Gasteiger partial charge on any atom is -0.483 e. The summed E-state index contributed by atoms with van der Waals surface area (Å²) in [6.45, 7) is 1.62. The average Bonchev–Trinajstić information content (AvgIpc) is 2.38. The first-order chi connectivity index (χ1) is 8.95. The highest BCUT2D eigenvalue weighted by molar-refractivity contribution is 9.10. The summed E-state index contributed by atoms with van der Waals surface area (Å²) in [4.78, 5) is 21.4. The van der Waals surface area contributed by atoms with E-state index in [-0.39, 0.29) is 18.0 Å². The molecule has 0 unspecified atom stereocenters. The molecule has 1 rings (SSSR count). The lowest BCUT2D eigenvalue weighted by Crippen LogP contribution is -2.04. The molecule has 19 heavy (non-hydrogen) atoms. The van der Waals surface area contributed by atoms with Crippen LogP contribution in [0.3, 0.4) is 0 Å². The largest absolute Gasteiger partial charge is 0.483 e. The van der Waals surface area contributed by atoms with Gasteiger partial charge in [-0.05, 0) is 25.1 Å². The molecule has 0 bridgehead atoms. The molecular formula is C12H12BrNO5. The van der Waals surface area contributed by atoms with E-state index in [2.05, 4.69) is 20.7 Å². The Morgan fingerprint density at radius 1 is 1.53 bits per heavy atom. The van der Waals surface area contributed by atoms with E-state index in [0.29, 0.717) is 10.0 Å². The first-order valence-corrected chi connectivity index (χ1v) is 6.06. The number of carbonyl (C=O) groups excluding carboxylic acids is 1. The van der Waals surface area contributed by atoms with Gasteiger partial charge in [0.05, 0.1) is 12.0 Å². The van der Waals surface area contributed by atoms with Gasteiger partial charge in [0, 0.05) is 16.1 Å². The number of nitro benzene ring substituents is 1. The number of hydrogen-bond donors (Lipinski definition) is 0. The van der Waals surface area contributed by atoms with Crippen molar-refractivity contribution in [3.63, 3.8) is 0 Å². The van der Waals surface area contributed by atoms with E-state index in [1.807, 2.05) is 0 Å². The van der Waals surface area contributed by atoms with Gasteiger partial charge in [0.1, 0.15) is 6.61 Å². The summed E-state index contributed by atoms with van der Waals surface area (Å²) in [5, 5.41) is 10.8. The number of benzene rings is 1. The lowest BCUT2D eigenvalue weighted by Gasteiger charge is -2.05. The molecule has 7 heteroatoms. The highest BCUT2D eigenvalue weighted by Gasteiger charge is 2.15. The summed E-state index contributed by atoms with van der Waals surface area (Å²) in [5.74, 6) is -0.323. The molecule has 0 N–H and O–H groups in total. The van der Waals surface area contributed by atoms with E-state index >= 15 is 0 Å². The first kappa shape index (κ1) is 15.2. The monoisotopic (exact) mass is 329 g/mol. The highest BCUT2D eigenvalue weighted by atomic mass is 79.9. The molecule has 0 aromatic heterocycles. The second kappa shape index (κ2) is 6.89. The van der Waals surface area contributed by atoms with Gasteiger partial charge >= 0.3 is 11.7 Å². The van der Waals surface area contributed by atoms with Gasteiger partial charge in [-0.15, -0.1) is 0 Å². The molecule has 0 saturated carbocycles. The maximum Gasteiger partial charge on any atom is 0.333 e. The molecule has 0 amide bonds. The van der Waals surface area contributed by atoms with Crippen molar-refractivity contribution in [2.24, 2.45) is 0 Å². The smallest absolute Gasteiger partial charge is 0.333 e. The fourth-order valence-corrected chi connectivity index (χ4v) is 1.61. The highest BCUT2D eigenvalue weighted by Crippen LogP contribution is 2.30. The molecule has 0 radical (unpaired) electrons. The third-order valence-electron chi connectivity index (χ3n) is 2.25.